The normalized spacial score (nSPS) is 20.6. The first-order chi connectivity index (χ1) is 11.4. The fraction of sp³-hybridized carbons (Fsp3) is 0.667. The van der Waals surface area contributed by atoms with Gasteiger partial charge in [-0.2, -0.15) is 19.0 Å². The summed E-state index contributed by atoms with van der Waals surface area (Å²) < 4.78 is 48.3. The van der Waals surface area contributed by atoms with Crippen LogP contribution in [0.1, 0.15) is 39.2 Å². The van der Waals surface area contributed by atoms with Gasteiger partial charge < -0.3 is 10.1 Å². The lowest BCUT2D eigenvalue weighted by molar-refractivity contribution is -0.186. The molecule has 1 aromatic heterocycles. The molecule has 0 radical (unpaired) electrons. The topological polar surface area (TPSA) is 76.5 Å². The molecule has 1 aliphatic rings. The zero-order valence-electron chi connectivity index (χ0n) is 14.4. The smallest absolute Gasteiger partial charge is 0.407 e. The van der Waals surface area contributed by atoms with E-state index < -0.39 is 46.3 Å². The van der Waals surface area contributed by atoms with Crippen LogP contribution in [0.4, 0.5) is 18.1 Å². The Morgan fingerprint density at radius 3 is 2.44 bits per heavy atom. The highest BCUT2D eigenvalue weighted by Crippen LogP contribution is 2.34. The average molecular weight is 362 g/mol. The number of alkyl carbamates (subject to hydrolysis) is 1. The predicted octanol–water partition coefficient (Wildman–Crippen LogP) is 2.28. The second-order valence-electron chi connectivity index (χ2n) is 7.06. The fourth-order valence-electron chi connectivity index (χ4n) is 2.37. The van der Waals surface area contributed by atoms with Gasteiger partial charge in [-0.25, -0.2) is 4.79 Å². The van der Waals surface area contributed by atoms with Gasteiger partial charge in [-0.3, -0.25) is 9.48 Å². The Morgan fingerprint density at radius 1 is 1.36 bits per heavy atom. The SMILES string of the molecule is Cn1cc(C(F)(F)C(=O)N(F)C2CC(NC(=O)OC(C)(C)C)C2)cn1. The second-order valence-corrected chi connectivity index (χ2v) is 7.06. The van der Waals surface area contributed by atoms with Gasteiger partial charge in [-0.15, -0.1) is 0 Å². The molecule has 1 aromatic rings. The molecule has 1 fully saturated rings. The van der Waals surface area contributed by atoms with Gasteiger partial charge in [0.25, 0.3) is 0 Å². The van der Waals surface area contributed by atoms with Gasteiger partial charge >= 0.3 is 17.9 Å². The molecule has 0 saturated heterocycles. The highest BCUT2D eigenvalue weighted by Gasteiger charge is 2.50. The lowest BCUT2D eigenvalue weighted by Crippen LogP contribution is -2.55. The van der Waals surface area contributed by atoms with Crippen molar-refractivity contribution in [3.8, 4) is 0 Å². The maximum Gasteiger partial charge on any atom is 0.407 e. The number of hydrogen-bond acceptors (Lipinski definition) is 4. The van der Waals surface area contributed by atoms with Crippen molar-refractivity contribution < 1.29 is 27.6 Å². The van der Waals surface area contributed by atoms with Gasteiger partial charge in [0.05, 0.1) is 17.8 Å². The average Bonchev–Trinajstić information content (AvgIpc) is 2.86. The van der Waals surface area contributed by atoms with E-state index in [1.54, 1.807) is 20.8 Å². The summed E-state index contributed by atoms with van der Waals surface area (Å²) in [6, 6.07) is -1.45. The fourth-order valence-corrected chi connectivity index (χ4v) is 2.37. The van der Waals surface area contributed by atoms with Gasteiger partial charge in [0.15, 0.2) is 0 Å². The Bertz CT molecular complexity index is 651. The van der Waals surface area contributed by atoms with E-state index >= 15 is 0 Å². The van der Waals surface area contributed by atoms with Gasteiger partial charge in [-0.1, -0.05) is 4.48 Å². The summed E-state index contributed by atoms with van der Waals surface area (Å²) in [5, 5.41) is 5.61. The molecule has 0 spiro atoms. The number of aromatic nitrogens is 2. The third-order valence-electron chi connectivity index (χ3n) is 3.68. The summed E-state index contributed by atoms with van der Waals surface area (Å²) in [6.07, 6.45) is 1.17. The molecule has 10 heteroatoms. The molecular weight excluding hydrogens is 341 g/mol. The molecule has 0 aromatic carbocycles. The molecule has 0 bridgehead atoms. The molecular formula is C15H21F3N4O3. The summed E-state index contributed by atoms with van der Waals surface area (Å²) in [7, 11) is 1.41. The lowest BCUT2D eigenvalue weighted by atomic mass is 9.86. The maximum atomic E-state index is 14.1. The molecule has 7 nitrogen and oxygen atoms in total. The molecule has 25 heavy (non-hydrogen) atoms. The van der Waals surface area contributed by atoms with Crippen molar-refractivity contribution in [2.24, 2.45) is 7.05 Å². The van der Waals surface area contributed by atoms with Crippen molar-refractivity contribution in [1.82, 2.24) is 20.2 Å². The van der Waals surface area contributed by atoms with E-state index in [1.165, 1.54) is 7.05 Å². The van der Waals surface area contributed by atoms with Gasteiger partial charge in [-0.05, 0) is 33.6 Å². The summed E-state index contributed by atoms with van der Waals surface area (Å²) >= 11 is 0. The number of amides is 2. The van der Waals surface area contributed by atoms with Crippen LogP contribution in [0.2, 0.25) is 0 Å². The second kappa shape index (κ2) is 6.57. The minimum Gasteiger partial charge on any atom is -0.444 e. The number of alkyl halides is 2. The van der Waals surface area contributed by atoms with E-state index in [-0.39, 0.29) is 12.8 Å². The number of aryl methyl sites for hydroxylation is 1. The van der Waals surface area contributed by atoms with E-state index in [0.29, 0.717) is 0 Å². The number of rotatable bonds is 4. The van der Waals surface area contributed by atoms with Crippen LogP contribution in [-0.4, -0.2) is 44.6 Å². The number of nitrogens with one attached hydrogen (secondary N) is 1. The summed E-state index contributed by atoms with van der Waals surface area (Å²) in [5.41, 5.74) is -1.36. The number of hydrogen-bond donors (Lipinski definition) is 1. The minimum atomic E-state index is -4.01. The Balaban J connectivity index is 1.87. The first-order valence-corrected chi connectivity index (χ1v) is 7.76. The van der Waals surface area contributed by atoms with Crippen LogP contribution in [0.5, 0.6) is 0 Å². The van der Waals surface area contributed by atoms with Crippen molar-refractivity contribution in [2.45, 2.75) is 57.2 Å². The van der Waals surface area contributed by atoms with Crippen LogP contribution in [0, 0.1) is 0 Å². The van der Waals surface area contributed by atoms with Crippen molar-refractivity contribution >= 4 is 12.0 Å². The van der Waals surface area contributed by atoms with Crippen LogP contribution in [0.25, 0.3) is 0 Å². The molecule has 2 amide bonds. The van der Waals surface area contributed by atoms with Gasteiger partial charge in [0, 0.05) is 19.3 Å². The zero-order valence-corrected chi connectivity index (χ0v) is 14.4. The van der Waals surface area contributed by atoms with E-state index in [1.807, 2.05) is 0 Å². The van der Waals surface area contributed by atoms with Crippen molar-refractivity contribution in [1.29, 1.82) is 0 Å². The van der Waals surface area contributed by atoms with Crippen molar-refractivity contribution in [3.05, 3.63) is 18.0 Å². The molecule has 0 aliphatic heterocycles. The molecule has 1 aliphatic carbocycles. The summed E-state index contributed by atoms with van der Waals surface area (Å²) in [6.45, 7) is 5.08. The quantitative estimate of drug-likeness (QED) is 0.834. The maximum absolute atomic E-state index is 14.1. The van der Waals surface area contributed by atoms with E-state index in [0.717, 1.165) is 17.1 Å². The van der Waals surface area contributed by atoms with Crippen LogP contribution in [0.3, 0.4) is 0 Å². The molecule has 0 atom stereocenters. The molecule has 2 rings (SSSR count). The van der Waals surface area contributed by atoms with Gasteiger partial charge in [0.1, 0.15) is 5.60 Å². The number of nitrogens with zero attached hydrogens (tertiary/aromatic N) is 3. The largest absolute Gasteiger partial charge is 0.444 e. The molecule has 1 heterocycles. The zero-order chi connectivity index (χ0) is 19.0. The highest BCUT2D eigenvalue weighted by molar-refractivity contribution is 5.84. The highest BCUT2D eigenvalue weighted by atomic mass is 19.3. The molecule has 0 unspecified atom stereocenters. The molecule has 1 saturated carbocycles. The minimum absolute atomic E-state index is 0.0323. The standard InChI is InChI=1S/C15H21F3N4O3/c1-14(2,3)25-13(24)20-10-5-11(6-10)22(18)12(23)15(16,17)9-7-19-21(4)8-9/h7-8,10-11H,5-6H2,1-4H3,(H,20,24). The Morgan fingerprint density at radius 2 is 1.96 bits per heavy atom. The lowest BCUT2D eigenvalue weighted by Gasteiger charge is -2.39. The first kappa shape index (κ1) is 19.1. The molecule has 1 N–H and O–H groups in total. The van der Waals surface area contributed by atoms with Crippen molar-refractivity contribution in [3.63, 3.8) is 0 Å². The van der Waals surface area contributed by atoms with E-state index in [2.05, 4.69) is 10.4 Å². The summed E-state index contributed by atoms with van der Waals surface area (Å²) in [5.74, 6) is -5.95. The first-order valence-electron chi connectivity index (χ1n) is 7.76. The van der Waals surface area contributed by atoms with E-state index in [9.17, 15) is 22.9 Å². The van der Waals surface area contributed by atoms with E-state index in [4.69, 9.17) is 4.74 Å². The van der Waals surface area contributed by atoms with Crippen LogP contribution in [-0.2, 0) is 22.5 Å². The van der Waals surface area contributed by atoms with Crippen LogP contribution < -0.4 is 5.32 Å². The monoisotopic (exact) mass is 362 g/mol. The number of carbonyl (C=O) groups excluding carboxylic acids is 2. The number of ether oxygens (including phenoxy) is 1. The van der Waals surface area contributed by atoms with Crippen LogP contribution in [0.15, 0.2) is 12.4 Å². The Labute approximate surface area is 143 Å². The van der Waals surface area contributed by atoms with Gasteiger partial charge in [0.2, 0.25) is 0 Å². The number of carbonyl (C=O) groups is 2. The Hall–Kier alpha value is -2.26. The van der Waals surface area contributed by atoms with Crippen molar-refractivity contribution in [2.75, 3.05) is 0 Å². The third-order valence-corrected chi connectivity index (χ3v) is 3.68. The Kier molecular flexibility index (Phi) is 5.01. The predicted molar refractivity (Wildman–Crippen MR) is 81.2 cm³/mol. The summed E-state index contributed by atoms with van der Waals surface area (Å²) in [4.78, 5) is 23.4. The van der Waals surface area contributed by atoms with Crippen LogP contribution >= 0.6 is 0 Å². The molecule has 140 valence electrons. The number of halogens is 3. The third kappa shape index (κ3) is 4.43.